The number of rotatable bonds is 9. The zero-order valence-electron chi connectivity index (χ0n) is 15.6. The van der Waals surface area contributed by atoms with E-state index in [0.29, 0.717) is 21.4 Å². The summed E-state index contributed by atoms with van der Waals surface area (Å²) in [5.74, 6) is -1.27. The van der Waals surface area contributed by atoms with Crippen molar-refractivity contribution in [2.45, 2.75) is 25.8 Å². The normalized spacial score (nSPS) is 11.6. The van der Waals surface area contributed by atoms with Gasteiger partial charge >= 0.3 is 5.97 Å². The summed E-state index contributed by atoms with van der Waals surface area (Å²) < 4.78 is 0. The van der Waals surface area contributed by atoms with Crippen LogP contribution in [0.1, 0.15) is 18.9 Å². The molecule has 0 aliphatic rings. The Balaban J connectivity index is 1.99. The van der Waals surface area contributed by atoms with E-state index in [0.717, 1.165) is 17.3 Å². The second-order valence-corrected chi connectivity index (χ2v) is 8.12. The van der Waals surface area contributed by atoms with E-state index < -0.39 is 17.9 Å². The average Bonchev–Trinajstić information content (AvgIpc) is 2.65. The molecule has 1 unspecified atom stereocenters. The van der Waals surface area contributed by atoms with Gasteiger partial charge in [-0.25, -0.2) is 4.79 Å². The number of carbonyl (C=O) groups is 3. The lowest BCUT2D eigenvalue weighted by Gasteiger charge is -2.14. The van der Waals surface area contributed by atoms with Crippen LogP contribution in [0.5, 0.6) is 0 Å². The summed E-state index contributed by atoms with van der Waals surface area (Å²) in [5, 5.41) is 15.4. The fraction of sp³-hybridized carbons (Fsp3) is 0.250. The number of nitrogens with one attached hydrogen (secondary N) is 2. The first-order valence-corrected chi connectivity index (χ1v) is 10.5. The van der Waals surface area contributed by atoms with E-state index in [4.69, 9.17) is 28.3 Å². The van der Waals surface area contributed by atoms with Gasteiger partial charge < -0.3 is 15.7 Å². The van der Waals surface area contributed by atoms with Crippen LogP contribution < -0.4 is 10.6 Å². The maximum atomic E-state index is 12.4. The van der Waals surface area contributed by atoms with Gasteiger partial charge in [0.1, 0.15) is 6.04 Å². The van der Waals surface area contributed by atoms with Gasteiger partial charge in [0.05, 0.1) is 15.7 Å². The Kier molecular flexibility index (Phi) is 8.82. The van der Waals surface area contributed by atoms with Gasteiger partial charge in [0.25, 0.3) is 0 Å². The summed E-state index contributed by atoms with van der Waals surface area (Å²) in [5.41, 5.74) is 2.03. The molecule has 6 nitrogen and oxygen atoms in total. The van der Waals surface area contributed by atoms with Crippen molar-refractivity contribution in [3.8, 4) is 0 Å². The Morgan fingerprint density at radius 1 is 1.07 bits per heavy atom. The third-order valence-electron chi connectivity index (χ3n) is 3.92. The molecule has 1 amide bonds. The molecule has 154 valence electrons. The molecule has 2 aromatic carbocycles. The summed E-state index contributed by atoms with van der Waals surface area (Å²) in [6, 6.07) is 11.5. The maximum absolute atomic E-state index is 12.4. The molecule has 2 aromatic rings. The van der Waals surface area contributed by atoms with Crippen LogP contribution in [-0.2, 0) is 20.8 Å². The summed E-state index contributed by atoms with van der Waals surface area (Å²) in [6.45, 7) is 1.25. The molecule has 0 fully saturated rings. The highest BCUT2D eigenvalue weighted by Gasteiger charge is 2.19. The smallest absolute Gasteiger partial charge is 0.326 e. The summed E-state index contributed by atoms with van der Waals surface area (Å²) >= 11 is 13.4. The van der Waals surface area contributed by atoms with Crippen molar-refractivity contribution < 1.29 is 19.5 Å². The highest BCUT2D eigenvalue weighted by molar-refractivity contribution is 8.13. The Labute approximate surface area is 183 Å². The first-order chi connectivity index (χ1) is 13.8. The van der Waals surface area contributed by atoms with Crippen molar-refractivity contribution >= 4 is 63.3 Å². The third-order valence-corrected chi connectivity index (χ3v) is 5.46. The number of halogens is 2. The highest BCUT2D eigenvalue weighted by atomic mass is 35.5. The van der Waals surface area contributed by atoms with Gasteiger partial charge in [-0.1, -0.05) is 59.2 Å². The van der Waals surface area contributed by atoms with Gasteiger partial charge in [-0.3, -0.25) is 9.59 Å². The number of thioether (sulfide) groups is 1. The fourth-order valence-electron chi connectivity index (χ4n) is 2.55. The molecule has 0 aliphatic heterocycles. The van der Waals surface area contributed by atoms with Crippen molar-refractivity contribution in [3.05, 3.63) is 58.1 Å². The van der Waals surface area contributed by atoms with Gasteiger partial charge in [-0.05, 0) is 30.2 Å². The van der Waals surface area contributed by atoms with Crippen LogP contribution in [0.3, 0.4) is 0 Å². The van der Waals surface area contributed by atoms with Crippen molar-refractivity contribution in [1.82, 2.24) is 5.32 Å². The number of aliphatic carboxylic acids is 1. The molecule has 0 bridgehead atoms. The van der Waals surface area contributed by atoms with E-state index >= 15 is 0 Å². The van der Waals surface area contributed by atoms with E-state index in [-0.39, 0.29) is 23.7 Å². The summed E-state index contributed by atoms with van der Waals surface area (Å²) in [7, 11) is 0. The number of carbonyl (C=O) groups excluding carboxylic acids is 2. The number of para-hydroxylation sites is 2. The molecule has 2 rings (SSSR count). The van der Waals surface area contributed by atoms with E-state index in [1.807, 2.05) is 24.3 Å². The third kappa shape index (κ3) is 7.27. The lowest BCUT2D eigenvalue weighted by Crippen LogP contribution is -2.40. The Bertz CT molecular complexity index is 888. The molecule has 0 heterocycles. The lowest BCUT2D eigenvalue weighted by molar-refractivity contribution is -0.141. The molecule has 0 saturated heterocycles. The first kappa shape index (κ1) is 23.1. The number of anilines is 2. The second kappa shape index (κ2) is 11.1. The van der Waals surface area contributed by atoms with E-state index in [2.05, 4.69) is 10.6 Å². The number of hydrogen-bond donors (Lipinski definition) is 3. The number of carboxylic acid groups (broad SMARTS) is 1. The average molecular weight is 455 g/mol. The maximum Gasteiger partial charge on any atom is 0.326 e. The van der Waals surface area contributed by atoms with Crippen LogP contribution in [0.4, 0.5) is 11.4 Å². The molecule has 0 aromatic heterocycles. The van der Waals surface area contributed by atoms with Crippen molar-refractivity contribution in [2.24, 2.45) is 0 Å². The predicted molar refractivity (Wildman–Crippen MR) is 117 cm³/mol. The van der Waals surface area contributed by atoms with Crippen LogP contribution in [0.15, 0.2) is 42.5 Å². The molecule has 3 N–H and O–H groups in total. The number of hydrogen-bond acceptors (Lipinski definition) is 5. The minimum absolute atomic E-state index is 0.114. The van der Waals surface area contributed by atoms with Crippen molar-refractivity contribution in [2.75, 3.05) is 11.1 Å². The van der Waals surface area contributed by atoms with Crippen LogP contribution >= 0.6 is 35.0 Å². The number of benzene rings is 2. The Morgan fingerprint density at radius 2 is 1.72 bits per heavy atom. The molecule has 1 atom stereocenters. The molecular weight excluding hydrogens is 435 g/mol. The van der Waals surface area contributed by atoms with Crippen LogP contribution in [-0.4, -0.2) is 33.9 Å². The summed E-state index contributed by atoms with van der Waals surface area (Å²) in [4.78, 5) is 34.6. The molecule has 0 radical (unpaired) electrons. The largest absolute Gasteiger partial charge is 0.480 e. The van der Waals surface area contributed by atoms with Crippen molar-refractivity contribution in [3.63, 3.8) is 0 Å². The molecule has 0 aliphatic carbocycles. The standard InChI is InChI=1S/C20H20Cl2N2O4S/c1-12(25)23-17(20(27)28)9-10-29-18(26)11-13-5-2-3-8-16(13)24-19-14(21)6-4-7-15(19)22/h2-8,17,24H,9-11H2,1H3,(H,23,25)(H,27,28). The number of amides is 1. The van der Waals surface area contributed by atoms with Gasteiger partial charge in [0.2, 0.25) is 5.91 Å². The molecular formula is C20H20Cl2N2O4S. The van der Waals surface area contributed by atoms with Crippen LogP contribution in [0.25, 0.3) is 0 Å². The minimum Gasteiger partial charge on any atom is -0.480 e. The quantitative estimate of drug-likeness (QED) is 0.515. The SMILES string of the molecule is CC(=O)NC(CCSC(=O)Cc1ccccc1Nc1c(Cl)cccc1Cl)C(=O)O. The van der Waals surface area contributed by atoms with E-state index in [1.165, 1.54) is 6.92 Å². The van der Waals surface area contributed by atoms with E-state index in [9.17, 15) is 14.4 Å². The van der Waals surface area contributed by atoms with Crippen molar-refractivity contribution in [1.29, 1.82) is 0 Å². The second-order valence-electron chi connectivity index (χ2n) is 6.16. The Morgan fingerprint density at radius 3 is 2.34 bits per heavy atom. The molecule has 29 heavy (non-hydrogen) atoms. The molecule has 9 heteroatoms. The van der Waals surface area contributed by atoms with Gasteiger partial charge in [0, 0.05) is 24.8 Å². The predicted octanol–water partition coefficient (Wildman–Crippen LogP) is 4.52. The zero-order valence-corrected chi connectivity index (χ0v) is 17.9. The lowest BCUT2D eigenvalue weighted by atomic mass is 10.1. The summed E-state index contributed by atoms with van der Waals surface area (Å²) in [6.07, 6.45) is 0.300. The van der Waals surface area contributed by atoms with Gasteiger partial charge in [0.15, 0.2) is 5.12 Å². The van der Waals surface area contributed by atoms with E-state index in [1.54, 1.807) is 18.2 Å². The van der Waals surface area contributed by atoms with Gasteiger partial charge in [-0.15, -0.1) is 0 Å². The van der Waals surface area contributed by atoms with Gasteiger partial charge in [-0.2, -0.15) is 0 Å². The van der Waals surface area contributed by atoms with Crippen LogP contribution in [0.2, 0.25) is 10.0 Å². The minimum atomic E-state index is -1.13. The monoisotopic (exact) mass is 454 g/mol. The fourth-order valence-corrected chi connectivity index (χ4v) is 3.88. The molecule has 0 saturated carbocycles. The topological polar surface area (TPSA) is 95.5 Å². The highest BCUT2D eigenvalue weighted by Crippen LogP contribution is 2.33. The Hall–Kier alpha value is -2.22. The molecule has 0 spiro atoms. The van der Waals surface area contributed by atoms with Crippen LogP contribution in [0, 0.1) is 0 Å². The number of carboxylic acids is 1. The zero-order chi connectivity index (χ0) is 21.4. The first-order valence-electron chi connectivity index (χ1n) is 8.72.